The molecular weight excluding hydrogens is 404 g/mol. The Hall–Kier alpha value is -3.02. The zero-order valence-electron chi connectivity index (χ0n) is 19.5. The van der Waals surface area contributed by atoms with Crippen molar-refractivity contribution in [2.45, 2.75) is 77.7 Å². The largest absolute Gasteiger partial charge is 0.431 e. The maximum atomic E-state index is 12.1. The van der Waals surface area contributed by atoms with Gasteiger partial charge in [0.05, 0.1) is 0 Å². The minimum atomic E-state index is -1.30. The molecule has 0 N–H and O–H groups in total. The maximum Gasteiger partial charge on any atom is 0.305 e. The average molecular weight is 439 g/mol. The summed E-state index contributed by atoms with van der Waals surface area (Å²) in [6, 6.07) is 18.8. The van der Waals surface area contributed by atoms with Gasteiger partial charge in [-0.1, -0.05) is 87.4 Å². The molecule has 2 aromatic rings. The molecule has 2 atom stereocenters. The van der Waals surface area contributed by atoms with Gasteiger partial charge in [-0.05, 0) is 12.8 Å². The predicted octanol–water partition coefficient (Wildman–Crippen LogP) is 6.65. The van der Waals surface area contributed by atoms with Crippen LogP contribution >= 0.6 is 0 Å². The van der Waals surface area contributed by atoms with Gasteiger partial charge in [0.15, 0.2) is 0 Å². The first-order chi connectivity index (χ1) is 15.4. The summed E-state index contributed by atoms with van der Waals surface area (Å²) in [5, 5.41) is 9.33. The highest BCUT2D eigenvalue weighted by atomic mass is 16.6. The van der Waals surface area contributed by atoms with E-state index in [4.69, 9.17) is 9.47 Å². The molecule has 0 radical (unpaired) electrons. The fraction of sp³-hybridized carbons (Fsp3) is 0.462. The number of carbonyl (C=O) groups excluding carboxylic acids is 2. The van der Waals surface area contributed by atoms with Gasteiger partial charge < -0.3 is 9.47 Å². The molecule has 6 nitrogen and oxygen atoms in total. The molecule has 2 unspecified atom stereocenters. The second kappa shape index (κ2) is 12.1. The normalized spacial score (nSPS) is 15.0. The third-order valence-corrected chi connectivity index (χ3v) is 5.19. The number of hydrogen-bond acceptors (Lipinski definition) is 6. The van der Waals surface area contributed by atoms with Crippen molar-refractivity contribution in [1.82, 2.24) is 0 Å². The van der Waals surface area contributed by atoms with E-state index in [1.54, 1.807) is 0 Å². The maximum absolute atomic E-state index is 12.1. The van der Waals surface area contributed by atoms with Crippen LogP contribution in [0.2, 0.25) is 0 Å². The monoisotopic (exact) mass is 438 g/mol. The molecule has 0 amide bonds. The Balaban J connectivity index is 2.67. The first-order valence-corrected chi connectivity index (χ1v) is 11.3. The van der Waals surface area contributed by atoms with Crippen LogP contribution in [0, 0.1) is 0 Å². The number of rotatable bonds is 12. The van der Waals surface area contributed by atoms with Gasteiger partial charge in [-0.15, -0.1) is 10.2 Å². The molecule has 32 heavy (non-hydrogen) atoms. The first kappa shape index (κ1) is 25.2. The fourth-order valence-corrected chi connectivity index (χ4v) is 3.63. The second-order valence-corrected chi connectivity index (χ2v) is 7.90. The highest BCUT2D eigenvalue weighted by Crippen LogP contribution is 2.39. The Morgan fingerprint density at radius 1 is 0.688 bits per heavy atom. The van der Waals surface area contributed by atoms with Crippen LogP contribution < -0.4 is 0 Å². The van der Waals surface area contributed by atoms with E-state index in [-0.39, 0.29) is 0 Å². The number of carbonyl (C=O) groups is 2. The van der Waals surface area contributed by atoms with Crippen LogP contribution in [-0.2, 0) is 30.5 Å². The molecule has 0 saturated carbocycles. The van der Waals surface area contributed by atoms with Crippen molar-refractivity contribution in [1.29, 1.82) is 0 Å². The zero-order chi connectivity index (χ0) is 23.5. The summed E-state index contributed by atoms with van der Waals surface area (Å²) in [5.41, 5.74) is -1.13. The van der Waals surface area contributed by atoms with E-state index in [1.807, 2.05) is 60.7 Å². The average Bonchev–Trinajstić information content (AvgIpc) is 2.79. The van der Waals surface area contributed by atoms with Gasteiger partial charge in [0.2, 0.25) is 11.4 Å². The van der Waals surface area contributed by atoms with Crippen LogP contribution in [0.25, 0.3) is 0 Å². The van der Waals surface area contributed by atoms with E-state index in [9.17, 15) is 9.59 Å². The van der Waals surface area contributed by atoms with Gasteiger partial charge in [0.25, 0.3) is 0 Å². The molecule has 172 valence electrons. The summed E-state index contributed by atoms with van der Waals surface area (Å²) in [5.74, 6) is -0.898. The Labute approximate surface area is 191 Å². The van der Waals surface area contributed by atoms with Crippen molar-refractivity contribution >= 4 is 11.9 Å². The van der Waals surface area contributed by atoms with Crippen molar-refractivity contribution < 1.29 is 19.1 Å². The molecule has 2 aromatic carbocycles. The van der Waals surface area contributed by atoms with Crippen molar-refractivity contribution in [3.05, 3.63) is 71.8 Å². The topological polar surface area (TPSA) is 77.3 Å². The molecule has 0 heterocycles. The Bertz CT molecular complexity index is 812. The molecule has 0 bridgehead atoms. The Morgan fingerprint density at radius 3 is 1.31 bits per heavy atom. The molecule has 0 fully saturated rings. The molecule has 0 saturated heterocycles. The van der Waals surface area contributed by atoms with E-state index in [1.165, 1.54) is 13.8 Å². The smallest absolute Gasteiger partial charge is 0.305 e. The highest BCUT2D eigenvalue weighted by molar-refractivity contribution is 5.67. The zero-order valence-corrected chi connectivity index (χ0v) is 19.5. The third kappa shape index (κ3) is 6.74. The van der Waals surface area contributed by atoms with Crippen LogP contribution in [0.15, 0.2) is 70.9 Å². The number of nitrogens with zero attached hydrogens (tertiary/aromatic N) is 2. The standard InChI is InChI=1S/C26H34N2O4/c1-5-7-19-25(31-21(3)29,23-15-11-9-12-16-23)27-28-26(20-8-6-2,32-22(4)30)24-17-13-10-14-18-24/h9-18H,5-8,19-20H2,1-4H3. The van der Waals surface area contributed by atoms with Crippen molar-refractivity contribution in [3.8, 4) is 0 Å². The summed E-state index contributed by atoms with van der Waals surface area (Å²) in [7, 11) is 0. The van der Waals surface area contributed by atoms with E-state index >= 15 is 0 Å². The van der Waals surface area contributed by atoms with Gasteiger partial charge in [-0.2, -0.15) is 0 Å². The minimum Gasteiger partial charge on any atom is -0.431 e. The van der Waals surface area contributed by atoms with Crippen molar-refractivity contribution in [2.24, 2.45) is 10.2 Å². The van der Waals surface area contributed by atoms with Gasteiger partial charge >= 0.3 is 11.9 Å². The summed E-state index contributed by atoms with van der Waals surface area (Å²) in [4.78, 5) is 24.3. The van der Waals surface area contributed by atoms with Crippen LogP contribution in [0.1, 0.15) is 77.3 Å². The molecule has 0 aliphatic rings. The van der Waals surface area contributed by atoms with E-state index < -0.39 is 23.4 Å². The SMILES string of the molecule is CCCCC(N=NC(CCCC)(OC(C)=O)c1ccccc1)(OC(C)=O)c1ccccc1. The number of ether oxygens (including phenoxy) is 2. The van der Waals surface area contributed by atoms with Crippen LogP contribution in [0.3, 0.4) is 0 Å². The van der Waals surface area contributed by atoms with Crippen molar-refractivity contribution in [3.63, 3.8) is 0 Å². The molecular formula is C26H34N2O4. The van der Waals surface area contributed by atoms with Gasteiger partial charge in [-0.3, -0.25) is 9.59 Å². The predicted molar refractivity (Wildman–Crippen MR) is 124 cm³/mol. The minimum absolute atomic E-state index is 0.449. The summed E-state index contributed by atoms with van der Waals surface area (Å²) < 4.78 is 11.7. The number of esters is 2. The summed E-state index contributed by atoms with van der Waals surface area (Å²) >= 11 is 0. The van der Waals surface area contributed by atoms with E-state index in [0.717, 1.165) is 36.8 Å². The quantitative estimate of drug-likeness (QED) is 0.274. The number of unbranched alkanes of at least 4 members (excludes halogenated alkanes) is 2. The lowest BCUT2D eigenvalue weighted by Gasteiger charge is -2.32. The van der Waals surface area contributed by atoms with Gasteiger partial charge in [0.1, 0.15) is 0 Å². The van der Waals surface area contributed by atoms with Gasteiger partial charge in [-0.25, -0.2) is 0 Å². The van der Waals surface area contributed by atoms with Crippen molar-refractivity contribution in [2.75, 3.05) is 0 Å². The van der Waals surface area contributed by atoms with Crippen LogP contribution in [-0.4, -0.2) is 11.9 Å². The fourth-order valence-electron chi connectivity index (χ4n) is 3.63. The molecule has 2 rings (SSSR count). The number of hydrogen-bond donors (Lipinski definition) is 0. The van der Waals surface area contributed by atoms with E-state index in [2.05, 4.69) is 24.1 Å². The molecule has 0 aliphatic heterocycles. The first-order valence-electron chi connectivity index (χ1n) is 11.3. The molecule has 6 heteroatoms. The number of benzene rings is 2. The molecule has 0 aromatic heterocycles. The molecule has 0 spiro atoms. The lowest BCUT2D eigenvalue weighted by Crippen LogP contribution is -2.33. The summed E-state index contributed by atoms with van der Waals surface area (Å²) in [6.45, 7) is 6.86. The second-order valence-electron chi connectivity index (χ2n) is 7.90. The Kier molecular flexibility index (Phi) is 9.57. The van der Waals surface area contributed by atoms with E-state index in [0.29, 0.717) is 12.8 Å². The highest BCUT2D eigenvalue weighted by Gasteiger charge is 2.40. The lowest BCUT2D eigenvalue weighted by molar-refractivity contribution is -0.166. The summed E-state index contributed by atoms with van der Waals surface area (Å²) in [6.07, 6.45) is 4.29. The Morgan fingerprint density at radius 2 is 1.03 bits per heavy atom. The third-order valence-electron chi connectivity index (χ3n) is 5.19. The number of azo groups is 1. The van der Waals surface area contributed by atoms with Crippen LogP contribution in [0.4, 0.5) is 0 Å². The van der Waals surface area contributed by atoms with Gasteiger partial charge in [0, 0.05) is 37.8 Å². The van der Waals surface area contributed by atoms with Crippen LogP contribution in [0.5, 0.6) is 0 Å². The lowest BCUT2D eigenvalue weighted by atomic mass is 9.96. The molecule has 0 aliphatic carbocycles.